The lowest BCUT2D eigenvalue weighted by atomic mass is 9.82. The Bertz CT molecular complexity index is 477. The van der Waals surface area contributed by atoms with Gasteiger partial charge in [-0.1, -0.05) is 0 Å². The SMILES string of the molecule is COCCN1C[C@@H]2OCC[C@@H]2[C@@H](C(=O)NCc2ccco2)C1. The molecule has 0 aliphatic carbocycles. The molecule has 6 nitrogen and oxygen atoms in total. The van der Waals surface area contributed by atoms with Crippen LogP contribution in [-0.2, 0) is 20.8 Å². The molecule has 3 rings (SSSR count). The number of amides is 1. The summed E-state index contributed by atoms with van der Waals surface area (Å²) in [4.78, 5) is 14.9. The summed E-state index contributed by atoms with van der Waals surface area (Å²) in [6.45, 7) is 4.39. The van der Waals surface area contributed by atoms with Crippen LogP contribution in [0.1, 0.15) is 12.2 Å². The van der Waals surface area contributed by atoms with Crippen molar-refractivity contribution in [1.29, 1.82) is 0 Å². The monoisotopic (exact) mass is 308 g/mol. The molecular weight excluding hydrogens is 284 g/mol. The largest absolute Gasteiger partial charge is 0.467 e. The average Bonchev–Trinajstić information content (AvgIpc) is 3.20. The Kier molecular flexibility index (Phi) is 5.12. The van der Waals surface area contributed by atoms with Crippen molar-refractivity contribution in [3.8, 4) is 0 Å². The number of carbonyl (C=O) groups is 1. The van der Waals surface area contributed by atoms with Crippen LogP contribution >= 0.6 is 0 Å². The van der Waals surface area contributed by atoms with Gasteiger partial charge in [-0.05, 0) is 18.6 Å². The maximum absolute atomic E-state index is 12.6. The van der Waals surface area contributed by atoms with Gasteiger partial charge < -0.3 is 19.2 Å². The molecule has 0 saturated carbocycles. The molecule has 0 radical (unpaired) electrons. The number of rotatable bonds is 6. The summed E-state index contributed by atoms with van der Waals surface area (Å²) >= 11 is 0. The van der Waals surface area contributed by atoms with Gasteiger partial charge in [0.2, 0.25) is 5.91 Å². The van der Waals surface area contributed by atoms with E-state index >= 15 is 0 Å². The van der Waals surface area contributed by atoms with Crippen molar-refractivity contribution in [2.45, 2.75) is 19.1 Å². The first kappa shape index (κ1) is 15.5. The lowest BCUT2D eigenvalue weighted by molar-refractivity contribution is -0.131. The van der Waals surface area contributed by atoms with Gasteiger partial charge in [0.15, 0.2) is 0 Å². The predicted octanol–water partition coefficient (Wildman–Crippen LogP) is 0.879. The van der Waals surface area contributed by atoms with E-state index in [2.05, 4.69) is 10.2 Å². The molecule has 122 valence electrons. The Morgan fingerprint density at radius 1 is 1.50 bits per heavy atom. The first-order valence-electron chi connectivity index (χ1n) is 7.91. The molecule has 0 spiro atoms. The van der Waals surface area contributed by atoms with E-state index < -0.39 is 0 Å². The molecule has 2 aliphatic rings. The average molecular weight is 308 g/mol. The van der Waals surface area contributed by atoms with Crippen molar-refractivity contribution in [2.24, 2.45) is 11.8 Å². The van der Waals surface area contributed by atoms with E-state index in [4.69, 9.17) is 13.9 Å². The summed E-state index contributed by atoms with van der Waals surface area (Å²) in [5, 5.41) is 3.00. The molecule has 0 aromatic carbocycles. The first-order chi connectivity index (χ1) is 10.8. The van der Waals surface area contributed by atoms with Crippen molar-refractivity contribution in [3.63, 3.8) is 0 Å². The molecule has 1 N–H and O–H groups in total. The summed E-state index contributed by atoms with van der Waals surface area (Å²) in [5.74, 6) is 1.18. The van der Waals surface area contributed by atoms with Gasteiger partial charge in [0.25, 0.3) is 0 Å². The molecule has 1 aromatic rings. The van der Waals surface area contributed by atoms with Crippen molar-refractivity contribution in [3.05, 3.63) is 24.2 Å². The van der Waals surface area contributed by atoms with Gasteiger partial charge in [0.1, 0.15) is 5.76 Å². The van der Waals surface area contributed by atoms with Gasteiger partial charge in [-0.25, -0.2) is 0 Å². The normalized spacial score (nSPS) is 28.5. The lowest BCUT2D eigenvalue weighted by Gasteiger charge is -2.39. The van der Waals surface area contributed by atoms with Gasteiger partial charge in [0, 0.05) is 39.3 Å². The molecular formula is C16H24N2O4. The third-order valence-electron chi connectivity index (χ3n) is 4.64. The molecule has 0 unspecified atom stereocenters. The van der Waals surface area contributed by atoms with Gasteiger partial charge in [0.05, 0.1) is 31.4 Å². The van der Waals surface area contributed by atoms with Crippen LogP contribution in [0.5, 0.6) is 0 Å². The summed E-state index contributed by atoms with van der Waals surface area (Å²) in [6.07, 6.45) is 2.77. The minimum Gasteiger partial charge on any atom is -0.467 e. The second kappa shape index (κ2) is 7.26. The van der Waals surface area contributed by atoms with Crippen LogP contribution in [-0.4, -0.2) is 56.9 Å². The Balaban J connectivity index is 1.59. The number of methoxy groups -OCH3 is 1. The second-order valence-corrected chi connectivity index (χ2v) is 6.02. The number of hydrogen-bond donors (Lipinski definition) is 1. The number of likely N-dealkylation sites (tertiary alicyclic amines) is 1. The minimum atomic E-state index is -0.0203. The zero-order chi connectivity index (χ0) is 15.4. The molecule has 6 heteroatoms. The standard InChI is InChI=1S/C16H24N2O4/c1-20-8-5-18-10-14(13-4-7-22-15(13)11-18)16(19)17-9-12-3-2-6-21-12/h2-3,6,13-15H,4-5,7-11H2,1H3,(H,17,19)/t13-,14+,15+/m1/s1. The molecule has 3 atom stereocenters. The van der Waals surface area contributed by atoms with E-state index in [-0.39, 0.29) is 17.9 Å². The fourth-order valence-electron chi connectivity index (χ4n) is 3.45. The van der Waals surface area contributed by atoms with Gasteiger partial charge in [-0.3, -0.25) is 9.69 Å². The van der Waals surface area contributed by atoms with E-state index in [1.165, 1.54) is 0 Å². The predicted molar refractivity (Wildman–Crippen MR) is 80.2 cm³/mol. The Morgan fingerprint density at radius 2 is 2.41 bits per heavy atom. The van der Waals surface area contributed by atoms with Crippen LogP contribution in [0.2, 0.25) is 0 Å². The fourth-order valence-corrected chi connectivity index (χ4v) is 3.45. The zero-order valence-electron chi connectivity index (χ0n) is 13.0. The Hall–Kier alpha value is -1.37. The number of nitrogens with zero attached hydrogens (tertiary/aromatic N) is 1. The maximum atomic E-state index is 12.6. The second-order valence-electron chi connectivity index (χ2n) is 6.02. The number of furan rings is 1. The number of fused-ring (bicyclic) bond motifs is 1. The number of nitrogens with one attached hydrogen (secondary N) is 1. The van der Waals surface area contributed by atoms with Crippen molar-refractivity contribution in [1.82, 2.24) is 10.2 Å². The molecule has 2 fully saturated rings. The van der Waals surface area contributed by atoms with E-state index in [0.29, 0.717) is 19.1 Å². The number of piperidine rings is 1. The van der Waals surface area contributed by atoms with Crippen LogP contribution < -0.4 is 5.32 Å². The summed E-state index contributed by atoms with van der Waals surface area (Å²) in [6, 6.07) is 3.70. The summed E-state index contributed by atoms with van der Waals surface area (Å²) in [7, 11) is 1.70. The van der Waals surface area contributed by atoms with Crippen LogP contribution in [0.15, 0.2) is 22.8 Å². The van der Waals surface area contributed by atoms with Crippen molar-refractivity contribution in [2.75, 3.05) is 40.0 Å². The van der Waals surface area contributed by atoms with E-state index in [0.717, 1.165) is 38.4 Å². The van der Waals surface area contributed by atoms with Gasteiger partial charge >= 0.3 is 0 Å². The van der Waals surface area contributed by atoms with Gasteiger partial charge in [-0.2, -0.15) is 0 Å². The van der Waals surface area contributed by atoms with Crippen molar-refractivity contribution >= 4 is 5.91 Å². The third kappa shape index (κ3) is 3.51. The highest BCUT2D eigenvalue weighted by Gasteiger charge is 2.43. The Morgan fingerprint density at radius 3 is 3.18 bits per heavy atom. The van der Waals surface area contributed by atoms with Gasteiger partial charge in [-0.15, -0.1) is 0 Å². The maximum Gasteiger partial charge on any atom is 0.225 e. The number of hydrogen-bond acceptors (Lipinski definition) is 5. The van der Waals surface area contributed by atoms with Crippen LogP contribution in [0.25, 0.3) is 0 Å². The van der Waals surface area contributed by atoms with Crippen molar-refractivity contribution < 1.29 is 18.7 Å². The highest BCUT2D eigenvalue weighted by atomic mass is 16.5. The third-order valence-corrected chi connectivity index (χ3v) is 4.64. The number of ether oxygens (including phenoxy) is 2. The number of carbonyl (C=O) groups excluding carboxylic acids is 1. The molecule has 3 heterocycles. The molecule has 2 saturated heterocycles. The van der Waals surface area contributed by atoms with Crippen LogP contribution in [0.3, 0.4) is 0 Å². The highest BCUT2D eigenvalue weighted by Crippen LogP contribution is 2.33. The van der Waals surface area contributed by atoms with E-state index in [1.54, 1.807) is 13.4 Å². The lowest BCUT2D eigenvalue weighted by Crippen LogP contribution is -2.53. The topological polar surface area (TPSA) is 63.9 Å². The quantitative estimate of drug-likeness (QED) is 0.845. The van der Waals surface area contributed by atoms with E-state index in [1.807, 2.05) is 12.1 Å². The smallest absolute Gasteiger partial charge is 0.225 e. The van der Waals surface area contributed by atoms with Crippen LogP contribution in [0.4, 0.5) is 0 Å². The highest BCUT2D eigenvalue weighted by molar-refractivity contribution is 5.79. The molecule has 2 aliphatic heterocycles. The molecule has 1 aromatic heterocycles. The molecule has 0 bridgehead atoms. The zero-order valence-corrected chi connectivity index (χ0v) is 13.0. The first-order valence-corrected chi connectivity index (χ1v) is 7.91. The molecule has 1 amide bonds. The minimum absolute atomic E-state index is 0.0203. The van der Waals surface area contributed by atoms with Crippen LogP contribution in [0, 0.1) is 11.8 Å². The Labute approximate surface area is 130 Å². The molecule has 22 heavy (non-hydrogen) atoms. The fraction of sp³-hybridized carbons (Fsp3) is 0.688. The summed E-state index contributed by atoms with van der Waals surface area (Å²) < 4.78 is 16.2. The van der Waals surface area contributed by atoms with E-state index in [9.17, 15) is 4.79 Å². The summed E-state index contributed by atoms with van der Waals surface area (Å²) in [5.41, 5.74) is 0.